The zero-order chi connectivity index (χ0) is 25.7. The van der Waals surface area contributed by atoms with E-state index in [4.69, 9.17) is 0 Å². The number of rotatable bonds is 16. The second kappa shape index (κ2) is 15.9. The molecular weight excluding hydrogens is 403 g/mol. The van der Waals surface area contributed by atoms with Crippen molar-refractivity contribution in [3.8, 4) is 0 Å². The Morgan fingerprint density at radius 2 is 1.27 bits per heavy atom. The molecule has 0 aromatic rings. The molecule has 0 rings (SSSR count). The Balaban J connectivity index is 4.64. The normalized spacial score (nSPS) is 16.5. The summed E-state index contributed by atoms with van der Waals surface area (Å²) in [6, 6.07) is 0. The third-order valence-corrected chi connectivity index (χ3v) is 6.99. The highest BCUT2D eigenvalue weighted by Gasteiger charge is 2.14. The fraction of sp³-hybridized carbons (Fsp3) is 0.562. The van der Waals surface area contributed by atoms with Crippen LogP contribution in [0.25, 0.3) is 0 Å². The molecule has 0 heterocycles. The lowest BCUT2D eigenvalue weighted by Crippen LogP contribution is -2.10. The van der Waals surface area contributed by atoms with E-state index in [1.165, 1.54) is 30.1 Å². The van der Waals surface area contributed by atoms with E-state index in [1.807, 2.05) is 0 Å². The van der Waals surface area contributed by atoms with Crippen molar-refractivity contribution in [1.29, 1.82) is 0 Å². The maximum Gasteiger partial charge on any atom is 0.125 e. The van der Waals surface area contributed by atoms with E-state index < -0.39 is 0 Å². The van der Waals surface area contributed by atoms with E-state index in [1.54, 1.807) is 6.92 Å². The van der Waals surface area contributed by atoms with Gasteiger partial charge in [0.2, 0.25) is 0 Å². The third kappa shape index (κ3) is 13.4. The van der Waals surface area contributed by atoms with Crippen LogP contribution in [0.4, 0.5) is 4.39 Å². The summed E-state index contributed by atoms with van der Waals surface area (Å²) in [6.07, 6.45) is 13.7. The van der Waals surface area contributed by atoms with Crippen LogP contribution in [-0.4, -0.2) is 0 Å². The molecule has 0 bridgehead atoms. The van der Waals surface area contributed by atoms with Crippen LogP contribution in [-0.2, 0) is 0 Å². The van der Waals surface area contributed by atoms with Gasteiger partial charge in [0, 0.05) is 0 Å². The van der Waals surface area contributed by atoms with Gasteiger partial charge in [-0.1, -0.05) is 98.1 Å². The van der Waals surface area contributed by atoms with Gasteiger partial charge in [0.1, 0.15) is 5.83 Å². The molecular formula is C32H51F. The molecule has 0 aromatic carbocycles. The van der Waals surface area contributed by atoms with Crippen molar-refractivity contribution < 1.29 is 4.39 Å². The number of hydrogen-bond donors (Lipinski definition) is 0. The van der Waals surface area contributed by atoms with Crippen LogP contribution in [0, 0.1) is 29.6 Å². The lowest BCUT2D eigenvalue weighted by molar-refractivity contribution is 0.344. The number of allylic oxidation sites excluding steroid dienone is 10. The largest absolute Gasteiger partial charge is 0.207 e. The summed E-state index contributed by atoms with van der Waals surface area (Å²) in [5, 5.41) is 0. The Kier molecular flexibility index (Phi) is 15.0. The molecule has 0 saturated heterocycles. The average Bonchev–Trinajstić information content (AvgIpc) is 2.76. The van der Waals surface area contributed by atoms with Gasteiger partial charge >= 0.3 is 0 Å². The highest BCUT2D eigenvalue weighted by Crippen LogP contribution is 2.27. The van der Waals surface area contributed by atoms with Crippen LogP contribution >= 0.6 is 0 Å². The molecule has 4 unspecified atom stereocenters. The van der Waals surface area contributed by atoms with Crippen molar-refractivity contribution >= 4 is 0 Å². The molecule has 0 amide bonds. The van der Waals surface area contributed by atoms with E-state index in [0.29, 0.717) is 23.3 Å². The lowest BCUT2D eigenvalue weighted by atomic mass is 9.84. The smallest absolute Gasteiger partial charge is 0.125 e. The molecule has 0 nitrogen and oxygen atoms in total. The molecule has 4 atom stereocenters. The second-order valence-electron chi connectivity index (χ2n) is 10.7. The molecule has 0 aliphatic heterocycles. The van der Waals surface area contributed by atoms with E-state index >= 15 is 0 Å². The Hall–Kier alpha value is -1.89. The first-order valence-electron chi connectivity index (χ1n) is 12.7. The van der Waals surface area contributed by atoms with Crippen LogP contribution in [0.15, 0.2) is 84.3 Å². The van der Waals surface area contributed by atoms with E-state index in [2.05, 4.69) is 93.0 Å². The molecule has 0 aliphatic rings. The zero-order valence-corrected chi connectivity index (χ0v) is 22.9. The summed E-state index contributed by atoms with van der Waals surface area (Å²) in [5.74, 6) is 2.40. The summed E-state index contributed by atoms with van der Waals surface area (Å²) >= 11 is 0. The summed E-state index contributed by atoms with van der Waals surface area (Å²) < 4.78 is 13.8. The summed E-state index contributed by atoms with van der Waals surface area (Å²) in [7, 11) is 0. The van der Waals surface area contributed by atoms with Gasteiger partial charge in [-0.25, -0.2) is 4.39 Å². The van der Waals surface area contributed by atoms with E-state index in [0.717, 1.165) is 36.3 Å². The third-order valence-electron chi connectivity index (χ3n) is 6.99. The number of hydrogen-bond acceptors (Lipinski definition) is 0. The molecule has 0 fully saturated rings. The minimum Gasteiger partial charge on any atom is -0.207 e. The van der Waals surface area contributed by atoms with Crippen molar-refractivity contribution in [1.82, 2.24) is 0 Å². The zero-order valence-electron chi connectivity index (χ0n) is 22.9. The topological polar surface area (TPSA) is 0 Å². The van der Waals surface area contributed by atoms with Gasteiger partial charge in [0.15, 0.2) is 0 Å². The molecule has 1 heteroatoms. The Bertz CT molecular complexity index is 755. The SMILES string of the molecule is C=C(/C=C\C(=C)C(C)CCC(C)C)/C(C)=C/CC(C)C(C)CCC(C)C(=C)/C=C(/F)C(=C)C. The van der Waals surface area contributed by atoms with Crippen molar-refractivity contribution in [3.05, 3.63) is 84.3 Å². The minimum absolute atomic E-state index is 0.267. The number of halogens is 1. The molecule has 33 heavy (non-hydrogen) atoms. The van der Waals surface area contributed by atoms with E-state index in [-0.39, 0.29) is 11.7 Å². The maximum atomic E-state index is 13.8. The maximum absolute atomic E-state index is 13.8. The predicted octanol–water partition coefficient (Wildman–Crippen LogP) is 10.7. The van der Waals surface area contributed by atoms with Crippen molar-refractivity contribution in [2.75, 3.05) is 0 Å². The van der Waals surface area contributed by atoms with Crippen molar-refractivity contribution in [2.24, 2.45) is 29.6 Å². The molecule has 0 radical (unpaired) electrons. The molecule has 186 valence electrons. The lowest BCUT2D eigenvalue weighted by Gasteiger charge is -2.21. The van der Waals surface area contributed by atoms with Gasteiger partial charge < -0.3 is 0 Å². The molecule has 0 N–H and O–H groups in total. The second-order valence-corrected chi connectivity index (χ2v) is 10.7. The Morgan fingerprint density at radius 1 is 0.727 bits per heavy atom. The first-order valence-corrected chi connectivity index (χ1v) is 12.7. The summed E-state index contributed by atoms with van der Waals surface area (Å²) in [4.78, 5) is 0. The van der Waals surface area contributed by atoms with Gasteiger partial charge in [-0.3, -0.25) is 0 Å². The fourth-order valence-electron chi connectivity index (χ4n) is 3.41. The van der Waals surface area contributed by atoms with Gasteiger partial charge in [0.05, 0.1) is 0 Å². The van der Waals surface area contributed by atoms with Crippen molar-refractivity contribution in [2.45, 2.75) is 87.5 Å². The van der Waals surface area contributed by atoms with Crippen LogP contribution in [0.5, 0.6) is 0 Å². The average molecular weight is 455 g/mol. The quantitative estimate of drug-likeness (QED) is 0.203. The van der Waals surface area contributed by atoms with Crippen molar-refractivity contribution in [3.63, 3.8) is 0 Å². The first kappa shape index (κ1) is 31.1. The van der Waals surface area contributed by atoms with Gasteiger partial charge in [-0.15, -0.1) is 0 Å². The monoisotopic (exact) mass is 454 g/mol. The summed E-state index contributed by atoms with van der Waals surface area (Å²) in [6.45, 7) is 33.6. The molecule has 0 spiro atoms. The minimum atomic E-state index is -0.267. The highest BCUT2D eigenvalue weighted by atomic mass is 19.1. The standard InChI is InChI=1S/C32H51F/c1-22(2)13-14-24(5)25(6)15-16-26(7)27(8)17-18-28(9)29(10)19-20-30(11)31(12)21-32(33)23(3)4/h15-17,21-22,24,28-30H,3,6-7,12-14,18-20H2,1-2,4-5,8-11H3/b16-15-,27-17+,32-21+. The molecule has 0 saturated carbocycles. The highest BCUT2D eigenvalue weighted by molar-refractivity contribution is 5.38. The van der Waals surface area contributed by atoms with Gasteiger partial charge in [-0.2, -0.15) is 0 Å². The molecule has 0 aliphatic carbocycles. The molecule has 0 aromatic heterocycles. The fourth-order valence-corrected chi connectivity index (χ4v) is 3.41. The predicted molar refractivity (Wildman–Crippen MR) is 149 cm³/mol. The van der Waals surface area contributed by atoms with Gasteiger partial charge in [-0.05, 0) is 97.5 Å². The summed E-state index contributed by atoms with van der Waals surface area (Å²) in [5.41, 5.74) is 4.77. The van der Waals surface area contributed by atoms with Crippen LogP contribution in [0.1, 0.15) is 87.5 Å². The Labute approximate surface area is 205 Å². The van der Waals surface area contributed by atoms with E-state index in [9.17, 15) is 4.39 Å². The van der Waals surface area contributed by atoms with Crippen LogP contribution in [0.2, 0.25) is 0 Å². The van der Waals surface area contributed by atoms with Gasteiger partial charge in [0.25, 0.3) is 0 Å². The Morgan fingerprint density at radius 3 is 1.82 bits per heavy atom. The van der Waals surface area contributed by atoms with Crippen LogP contribution in [0.3, 0.4) is 0 Å². The van der Waals surface area contributed by atoms with Crippen LogP contribution < -0.4 is 0 Å². The first-order chi connectivity index (χ1) is 15.3.